The van der Waals surface area contributed by atoms with Gasteiger partial charge in [-0.05, 0) is 224 Å². The summed E-state index contributed by atoms with van der Waals surface area (Å²) in [6.07, 6.45) is 0.575. The molecular formula is C87H123FN14O10S. The second kappa shape index (κ2) is 61.4. The van der Waals surface area contributed by atoms with Crippen molar-refractivity contribution in [2.75, 3.05) is 210 Å². The summed E-state index contributed by atoms with van der Waals surface area (Å²) in [5.41, 5.74) is 21.8. The van der Waals surface area contributed by atoms with Gasteiger partial charge in [-0.3, -0.25) is 4.79 Å². The van der Waals surface area contributed by atoms with Gasteiger partial charge in [0, 0.05) is 188 Å². The molecule has 1 heterocycles. The Morgan fingerprint density at radius 3 is 1.30 bits per heavy atom. The van der Waals surface area contributed by atoms with Crippen LogP contribution in [-0.2, 0) is 27.5 Å². The van der Waals surface area contributed by atoms with Crippen molar-refractivity contribution >= 4 is 97.3 Å². The molecule has 614 valence electrons. The minimum atomic E-state index is -0.794. The molecule has 24 nitrogen and oxygen atoms in total. The van der Waals surface area contributed by atoms with E-state index in [0.29, 0.717) is 18.9 Å². The van der Waals surface area contributed by atoms with Gasteiger partial charge in [-0.25, -0.2) is 4.39 Å². The molecule has 10 aromatic rings. The minimum Gasteiger partial charge on any atom is -0.508 e. The summed E-state index contributed by atoms with van der Waals surface area (Å²) in [6.45, 7) is 8.44. The van der Waals surface area contributed by atoms with E-state index in [1.807, 2.05) is 222 Å². The smallest absolute Gasteiger partial charge is 0.221 e. The first-order valence-electron chi connectivity index (χ1n) is 36.9. The number of hydrogen-bond donors (Lipinski definition) is 19. The molecule has 0 saturated carbocycles. The van der Waals surface area contributed by atoms with Crippen molar-refractivity contribution < 1.29 is 54.0 Å². The summed E-state index contributed by atoms with van der Waals surface area (Å²) >= 11 is 1.76. The average Bonchev–Trinajstić information content (AvgIpc) is 0.866. The number of hydrogen-bond acceptors (Lipinski definition) is 24. The van der Waals surface area contributed by atoms with Crippen molar-refractivity contribution in [2.45, 2.75) is 44.2 Å². The molecule has 1 amide bonds. The molecule has 0 aliphatic carbocycles. The fraction of sp³-hybridized carbons (Fsp3) is 0.299. The lowest BCUT2D eigenvalue weighted by Gasteiger charge is -2.28. The molecule has 0 spiro atoms. The van der Waals surface area contributed by atoms with Crippen molar-refractivity contribution in [3.63, 3.8) is 0 Å². The van der Waals surface area contributed by atoms with E-state index in [2.05, 4.69) is 123 Å². The lowest BCUT2D eigenvalue weighted by molar-refractivity contribution is -0.114. The number of nitrogen functional groups attached to an aromatic ring is 1. The zero-order chi connectivity index (χ0) is 83.2. The van der Waals surface area contributed by atoms with E-state index in [1.54, 1.807) is 49.1 Å². The fourth-order valence-electron chi connectivity index (χ4n) is 9.24. The number of morpholine rings is 1. The molecule has 2 atom stereocenters. The van der Waals surface area contributed by atoms with Crippen LogP contribution in [0.4, 0.5) is 84.0 Å². The number of benzene rings is 10. The minimum absolute atomic E-state index is 0.0489. The quantitative estimate of drug-likeness (QED) is 0.0187. The molecule has 2 unspecified atom stereocenters. The summed E-state index contributed by atoms with van der Waals surface area (Å²) < 4.78 is 28.0. The van der Waals surface area contributed by atoms with Crippen LogP contribution in [0.1, 0.15) is 25.0 Å². The summed E-state index contributed by atoms with van der Waals surface area (Å²) in [7, 11) is 18.7. The van der Waals surface area contributed by atoms with Crippen molar-refractivity contribution in [3.05, 3.63) is 260 Å². The maximum Gasteiger partial charge on any atom is 0.221 e. The Hall–Kier alpha value is -11.3. The third kappa shape index (κ3) is 45.6. The molecule has 113 heavy (non-hydrogen) atoms. The van der Waals surface area contributed by atoms with Crippen LogP contribution in [0.5, 0.6) is 11.5 Å². The summed E-state index contributed by atoms with van der Waals surface area (Å²) in [5.74, 6) is 0.967. The third-order valence-corrected chi connectivity index (χ3v) is 16.4. The standard InChI is InChI=1S/C11H16N2O.C11H17NO3.C10H16N2O2.C9H12N2O.C9H13NO.C8H11NO.C8H11NS.C7H8FN.C7H10N2.C7H9NO/c1-12-10-2-4-11(5-3-10)13-6-8-14-9-7-13;1-12-10-4-2-3-9(5-10)7-15-8-11(14)6-13;1-11-8-2-4-9(5-3-8)12-6-10(14)7-13;1-7(12)11-9-5-3-8(10-2)4-6-9;1-3-11-9-6-4-8(10-2)5-7-9;1-9-8-4-2-3-7(5-8)6-10;1-9-7-4-3-5-8(6-7)10-2;2*1-9-7-4-2-6(8)3-5-7;1-8-6-3-2-4-7(9)5-6/h2-5,12H,6-9H2,1H3;2-5,11-14H,6-8H2,1H3;2-5,10-14H,6-7H2,1H3;3-6,10H,1-2H3,(H,11,12);4-7,10H,3H2,1-2H3;2-5,9-10H,6H2,1H3;3-6,9H,1-2H3;2-5,9H,1H3;2-5,9H,8H2,1H3;2-5,8-9H,1H3. The third-order valence-electron chi connectivity index (χ3n) is 15.6. The van der Waals surface area contributed by atoms with Crippen LogP contribution in [0.25, 0.3) is 0 Å². The van der Waals surface area contributed by atoms with E-state index in [-0.39, 0.29) is 38.2 Å². The first-order chi connectivity index (χ1) is 54.7. The zero-order valence-electron chi connectivity index (χ0n) is 67.7. The molecule has 10 aromatic carbocycles. The number of aliphatic hydroxyl groups excluding tert-OH is 5. The maximum absolute atomic E-state index is 12.2. The van der Waals surface area contributed by atoms with Crippen molar-refractivity contribution in [1.82, 2.24) is 0 Å². The van der Waals surface area contributed by atoms with Crippen LogP contribution >= 0.6 is 11.8 Å². The van der Waals surface area contributed by atoms with Crippen LogP contribution < -0.4 is 79.2 Å². The van der Waals surface area contributed by atoms with Gasteiger partial charge in [0.1, 0.15) is 23.4 Å². The first kappa shape index (κ1) is 97.7. The van der Waals surface area contributed by atoms with Crippen LogP contribution in [0.2, 0.25) is 0 Å². The van der Waals surface area contributed by atoms with Gasteiger partial charge in [-0.2, -0.15) is 0 Å². The highest BCUT2D eigenvalue weighted by molar-refractivity contribution is 7.98. The highest BCUT2D eigenvalue weighted by Crippen LogP contribution is 2.22. The summed E-state index contributed by atoms with van der Waals surface area (Å²) in [6, 6.07) is 76.3. The van der Waals surface area contributed by atoms with Crippen LogP contribution in [0.3, 0.4) is 0 Å². The Bertz CT molecular complexity index is 3880. The predicted molar refractivity (Wildman–Crippen MR) is 476 cm³/mol. The molecule has 1 aliphatic rings. The van der Waals surface area contributed by atoms with Crippen LogP contribution in [0.15, 0.2) is 248 Å². The fourth-order valence-corrected chi connectivity index (χ4v) is 9.70. The van der Waals surface area contributed by atoms with Crippen molar-refractivity contribution in [2.24, 2.45) is 0 Å². The Morgan fingerprint density at radius 2 is 0.876 bits per heavy atom. The summed E-state index contributed by atoms with van der Waals surface area (Å²) in [5, 5.41) is 88.7. The average molecular weight is 1580 g/mol. The normalized spacial score (nSPS) is 10.9. The molecule has 0 radical (unpaired) electrons. The SMILES string of the molecule is CCOc1ccc(NC)cc1.CNc1ccc(F)cc1.CNc1ccc(N)cc1.CNc1ccc(N2CCOCC2)cc1.CNc1ccc(NC(C)=O)cc1.CNc1ccc(NCC(O)CO)cc1.CNc1cccc(CO)c1.CNc1cccc(COCC(O)CO)c1.CNc1cccc(O)c1.CNc1cccc(SC)c1. The number of phenolic OH excluding ortho intramolecular Hbond substituents is 1. The largest absolute Gasteiger partial charge is 0.508 e. The number of rotatable bonds is 25. The molecule has 20 N–H and O–H groups in total. The number of nitrogens with zero attached hydrogens (tertiary/aromatic N) is 1. The number of halogens is 1. The number of anilines is 14. The first-order valence-corrected chi connectivity index (χ1v) is 38.1. The van der Waals surface area contributed by atoms with Gasteiger partial charge in [-0.1, -0.05) is 36.4 Å². The maximum atomic E-state index is 12.2. The van der Waals surface area contributed by atoms with Gasteiger partial charge in [0.05, 0.1) is 59.0 Å². The molecule has 1 aliphatic heterocycles. The predicted octanol–water partition coefficient (Wildman–Crippen LogP) is 14.8. The Kier molecular flexibility index (Phi) is 53.1. The number of nitrogens with one attached hydrogen (secondary N) is 12. The number of carbonyl (C=O) groups excluding carboxylic acids is 1. The number of nitrogens with two attached hydrogens (primary N) is 1. The van der Waals surface area contributed by atoms with E-state index in [9.17, 15) is 9.18 Å². The Morgan fingerprint density at radius 1 is 0.487 bits per heavy atom. The van der Waals surface area contributed by atoms with Gasteiger partial charge in [0.25, 0.3) is 0 Å². The molecule has 0 aromatic heterocycles. The van der Waals surface area contributed by atoms with Gasteiger partial charge in [0.2, 0.25) is 5.91 Å². The highest BCUT2D eigenvalue weighted by atomic mass is 32.2. The Labute approximate surface area is 673 Å². The number of amides is 1. The van der Waals surface area contributed by atoms with E-state index >= 15 is 0 Å². The topological polar surface area (TPSA) is 340 Å². The second-order valence-corrected chi connectivity index (χ2v) is 24.9. The number of carbonyl (C=O) groups is 1. The number of phenols is 1. The number of aliphatic hydroxyl groups is 5. The number of ether oxygens (including phenoxy) is 3. The van der Waals surface area contributed by atoms with Crippen molar-refractivity contribution in [3.8, 4) is 11.5 Å². The van der Waals surface area contributed by atoms with Gasteiger partial charge < -0.3 is 119 Å². The molecule has 11 rings (SSSR count). The lowest BCUT2D eigenvalue weighted by atomic mass is 10.2. The van der Waals surface area contributed by atoms with Gasteiger partial charge in [-0.15, -0.1) is 11.8 Å². The van der Waals surface area contributed by atoms with Gasteiger partial charge in [0.15, 0.2) is 0 Å². The van der Waals surface area contributed by atoms with Crippen LogP contribution in [0, 0.1) is 5.82 Å². The monoisotopic (exact) mass is 1570 g/mol. The number of aromatic hydroxyl groups is 1. The van der Waals surface area contributed by atoms with E-state index in [1.165, 1.54) is 35.3 Å². The highest BCUT2D eigenvalue weighted by Gasteiger charge is 2.11. The molecule has 1 saturated heterocycles. The summed E-state index contributed by atoms with van der Waals surface area (Å²) in [4.78, 5) is 14.3. The molecular weight excluding hydrogens is 1450 g/mol. The molecule has 1 fully saturated rings. The zero-order valence-corrected chi connectivity index (χ0v) is 68.5. The molecule has 26 heteroatoms. The molecule has 0 bridgehead atoms. The van der Waals surface area contributed by atoms with E-state index in [0.717, 1.165) is 118 Å². The lowest BCUT2D eigenvalue weighted by Crippen LogP contribution is -2.36. The number of thioether (sulfide) groups is 1. The van der Waals surface area contributed by atoms with Crippen LogP contribution in [-0.4, -0.2) is 185 Å². The Balaban J connectivity index is 0.000000428. The second-order valence-electron chi connectivity index (χ2n) is 24.0. The van der Waals surface area contributed by atoms with E-state index < -0.39 is 12.2 Å². The van der Waals surface area contributed by atoms with Crippen molar-refractivity contribution in [1.29, 1.82) is 0 Å². The van der Waals surface area contributed by atoms with Gasteiger partial charge >= 0.3 is 0 Å². The van der Waals surface area contributed by atoms with E-state index in [4.69, 9.17) is 50.6 Å².